The minimum absolute atomic E-state index is 0.573. The van der Waals surface area contributed by atoms with Gasteiger partial charge in [-0.3, -0.25) is 9.98 Å². The Morgan fingerprint density at radius 3 is 1.67 bits per heavy atom. The first kappa shape index (κ1) is 33.0. The fourth-order valence-corrected chi connectivity index (χ4v) is 7.52. The second kappa shape index (κ2) is 14.6. The van der Waals surface area contributed by atoms with Crippen molar-refractivity contribution >= 4 is 43.6 Å². The average Bonchev–Trinajstić information content (AvgIpc) is 3.26. The van der Waals surface area contributed by atoms with Crippen LogP contribution in [0.2, 0.25) is 0 Å². The third-order valence-corrected chi connectivity index (χ3v) is 10.4. The summed E-state index contributed by atoms with van der Waals surface area (Å²) in [7, 11) is 0. The number of hydrogen-bond donors (Lipinski definition) is 0. The Labute approximate surface area is 316 Å². The van der Waals surface area contributed by atoms with Crippen molar-refractivity contribution in [2.75, 3.05) is 0 Å². The van der Waals surface area contributed by atoms with Crippen molar-refractivity contribution in [2.24, 2.45) is 4.99 Å². The van der Waals surface area contributed by atoms with Crippen LogP contribution in [0.3, 0.4) is 0 Å². The van der Waals surface area contributed by atoms with Gasteiger partial charge in [-0.05, 0) is 114 Å². The van der Waals surface area contributed by atoms with E-state index in [2.05, 4.69) is 194 Å². The largest absolute Gasteiger partial charge is 0.280 e. The fraction of sp³-hybridized carbons (Fsp3) is 0.0385. The molecule has 9 rings (SSSR count). The van der Waals surface area contributed by atoms with Crippen LogP contribution in [0.4, 0.5) is 0 Å². The monoisotopic (exact) mass is 690 g/mol. The zero-order valence-corrected chi connectivity index (χ0v) is 30.2. The van der Waals surface area contributed by atoms with E-state index in [1.54, 1.807) is 0 Å². The second-order valence-corrected chi connectivity index (χ2v) is 13.8. The van der Waals surface area contributed by atoms with Crippen molar-refractivity contribution in [1.82, 2.24) is 4.98 Å². The number of aromatic nitrogens is 1. The molecule has 0 radical (unpaired) electrons. The summed E-state index contributed by atoms with van der Waals surface area (Å²) < 4.78 is 0. The lowest BCUT2D eigenvalue weighted by Crippen LogP contribution is -2.00. The molecule has 54 heavy (non-hydrogen) atoms. The molecule has 0 fully saturated rings. The number of pyridine rings is 1. The molecule has 0 atom stereocenters. The molecule has 0 amide bonds. The zero-order valence-electron chi connectivity index (χ0n) is 30.2. The van der Waals surface area contributed by atoms with Crippen molar-refractivity contribution in [3.63, 3.8) is 0 Å². The Morgan fingerprint density at radius 2 is 0.981 bits per heavy atom. The van der Waals surface area contributed by atoms with Crippen LogP contribution >= 0.6 is 0 Å². The Bertz CT molecular complexity index is 2780. The summed E-state index contributed by atoms with van der Waals surface area (Å²) in [5, 5.41) is 7.74. The van der Waals surface area contributed by atoms with Gasteiger partial charge in [0, 0.05) is 18.0 Å². The van der Waals surface area contributed by atoms with Crippen LogP contribution in [0.15, 0.2) is 205 Å². The minimum Gasteiger partial charge on any atom is -0.280 e. The van der Waals surface area contributed by atoms with Gasteiger partial charge in [0.1, 0.15) is 0 Å². The molecule has 0 N–H and O–H groups in total. The summed E-state index contributed by atoms with van der Waals surface area (Å²) in [6.07, 6.45) is 5.94. The predicted octanol–water partition coefficient (Wildman–Crippen LogP) is 13.6. The lowest BCUT2D eigenvalue weighted by atomic mass is 9.92. The van der Waals surface area contributed by atoms with E-state index in [0.29, 0.717) is 6.54 Å². The first-order valence-electron chi connectivity index (χ1n) is 18.5. The molecular weight excluding hydrogens is 653 g/mol. The SMILES string of the molecule is C/C(=C\C(=N/Cc1ccc(-c2ccc3c4ccccc4c4ccccc4c3c2)cc1)c1ccc(-c2ccccc2)cc1)c1cccc(-c2cccnc2)c1. The van der Waals surface area contributed by atoms with Gasteiger partial charge < -0.3 is 0 Å². The van der Waals surface area contributed by atoms with Crippen molar-refractivity contribution in [3.05, 3.63) is 217 Å². The van der Waals surface area contributed by atoms with Gasteiger partial charge in [-0.2, -0.15) is 0 Å². The number of rotatable bonds is 8. The minimum atomic E-state index is 0.573. The van der Waals surface area contributed by atoms with Gasteiger partial charge in [0.2, 0.25) is 0 Å². The number of nitrogens with zero attached hydrogens (tertiary/aromatic N) is 2. The van der Waals surface area contributed by atoms with E-state index >= 15 is 0 Å². The molecule has 2 heteroatoms. The van der Waals surface area contributed by atoms with Gasteiger partial charge in [-0.1, -0.05) is 164 Å². The number of hydrogen-bond acceptors (Lipinski definition) is 2. The average molecular weight is 691 g/mol. The van der Waals surface area contributed by atoms with Gasteiger partial charge in [-0.15, -0.1) is 0 Å². The summed E-state index contributed by atoms with van der Waals surface area (Å²) in [5.74, 6) is 0. The van der Waals surface area contributed by atoms with Crippen molar-refractivity contribution in [3.8, 4) is 33.4 Å². The molecule has 0 aliphatic rings. The van der Waals surface area contributed by atoms with Crippen LogP contribution in [-0.2, 0) is 6.54 Å². The summed E-state index contributed by atoms with van der Waals surface area (Å²) >= 11 is 0. The van der Waals surface area contributed by atoms with Crippen molar-refractivity contribution < 1.29 is 0 Å². The number of fused-ring (bicyclic) bond motifs is 6. The third kappa shape index (κ3) is 6.62. The molecule has 0 unspecified atom stereocenters. The molecule has 256 valence electrons. The van der Waals surface area contributed by atoms with Gasteiger partial charge in [0.25, 0.3) is 0 Å². The molecule has 1 aromatic heterocycles. The van der Waals surface area contributed by atoms with E-state index in [-0.39, 0.29) is 0 Å². The van der Waals surface area contributed by atoms with E-state index < -0.39 is 0 Å². The topological polar surface area (TPSA) is 25.2 Å². The van der Waals surface area contributed by atoms with Gasteiger partial charge in [-0.25, -0.2) is 0 Å². The molecule has 0 aliphatic heterocycles. The molecular formula is C52H38N2. The van der Waals surface area contributed by atoms with Crippen molar-refractivity contribution in [2.45, 2.75) is 13.5 Å². The highest BCUT2D eigenvalue weighted by Crippen LogP contribution is 2.37. The Balaban J connectivity index is 1.04. The Hall–Kier alpha value is -6.90. The molecule has 0 spiro atoms. The zero-order chi connectivity index (χ0) is 36.3. The third-order valence-electron chi connectivity index (χ3n) is 10.4. The fourth-order valence-electron chi connectivity index (χ4n) is 7.52. The van der Waals surface area contributed by atoms with E-state index in [4.69, 9.17) is 4.99 Å². The molecule has 1 heterocycles. The summed E-state index contributed by atoms with van der Waals surface area (Å²) in [6, 6.07) is 65.3. The molecule has 0 saturated heterocycles. The highest BCUT2D eigenvalue weighted by molar-refractivity contribution is 6.25. The standard InChI is InChI=1S/C52H38N2/c1-36(42-13-9-14-43(32-42)45-15-10-30-53-35-45)31-52(41-26-24-39(25-27-41)38-11-3-2-4-12-38)54-34-37-20-22-40(23-21-37)44-28-29-50-48-18-6-5-16-46(48)47-17-7-8-19-49(47)51(50)33-44/h2-33,35H,34H2,1H3/b36-31+,54-52+. The highest BCUT2D eigenvalue weighted by Gasteiger charge is 2.11. The summed E-state index contributed by atoms with van der Waals surface area (Å²) in [4.78, 5) is 9.58. The molecule has 0 bridgehead atoms. The molecule has 0 saturated carbocycles. The summed E-state index contributed by atoms with van der Waals surface area (Å²) in [6.45, 7) is 2.74. The first-order chi connectivity index (χ1) is 26.7. The van der Waals surface area contributed by atoms with Crippen LogP contribution in [0.25, 0.3) is 71.3 Å². The maximum Gasteiger partial charge on any atom is 0.0653 e. The Kier molecular flexibility index (Phi) is 8.92. The second-order valence-electron chi connectivity index (χ2n) is 13.8. The van der Waals surface area contributed by atoms with Crippen LogP contribution in [-0.4, -0.2) is 10.7 Å². The quantitative estimate of drug-likeness (QED) is 0.115. The van der Waals surface area contributed by atoms with E-state index in [0.717, 1.165) is 33.5 Å². The van der Waals surface area contributed by atoms with Crippen molar-refractivity contribution in [1.29, 1.82) is 0 Å². The van der Waals surface area contributed by atoms with Crippen LogP contribution in [0, 0.1) is 0 Å². The normalized spacial score (nSPS) is 12.1. The molecule has 0 aliphatic carbocycles. The smallest absolute Gasteiger partial charge is 0.0653 e. The predicted molar refractivity (Wildman–Crippen MR) is 230 cm³/mol. The first-order valence-corrected chi connectivity index (χ1v) is 18.5. The summed E-state index contributed by atoms with van der Waals surface area (Å²) in [5.41, 5.74) is 12.6. The van der Waals surface area contributed by atoms with E-state index in [1.807, 2.05) is 18.5 Å². The maximum absolute atomic E-state index is 5.25. The lowest BCUT2D eigenvalue weighted by Gasteiger charge is -2.12. The van der Waals surface area contributed by atoms with Gasteiger partial charge >= 0.3 is 0 Å². The lowest BCUT2D eigenvalue weighted by molar-refractivity contribution is 1.07. The number of allylic oxidation sites excluding steroid dienone is 2. The molecule has 9 aromatic rings. The number of benzene rings is 8. The van der Waals surface area contributed by atoms with Crippen LogP contribution in [0.1, 0.15) is 23.6 Å². The van der Waals surface area contributed by atoms with E-state index in [9.17, 15) is 0 Å². The highest BCUT2D eigenvalue weighted by atomic mass is 14.7. The Morgan fingerprint density at radius 1 is 0.444 bits per heavy atom. The van der Waals surface area contributed by atoms with E-state index in [1.165, 1.54) is 60.1 Å². The number of aliphatic imine (C=N–C) groups is 1. The molecule has 2 nitrogen and oxygen atoms in total. The van der Waals surface area contributed by atoms with Gasteiger partial charge in [0.15, 0.2) is 0 Å². The van der Waals surface area contributed by atoms with Crippen LogP contribution in [0.5, 0.6) is 0 Å². The van der Waals surface area contributed by atoms with Gasteiger partial charge in [0.05, 0.1) is 12.3 Å². The molecule has 8 aromatic carbocycles. The maximum atomic E-state index is 5.25. The van der Waals surface area contributed by atoms with Crippen LogP contribution < -0.4 is 0 Å².